The predicted octanol–water partition coefficient (Wildman–Crippen LogP) is 5.43. The fraction of sp³-hybridized carbons (Fsp3) is 0.400. The van der Waals surface area contributed by atoms with Gasteiger partial charge in [0, 0.05) is 29.6 Å². The van der Waals surface area contributed by atoms with Crippen molar-refractivity contribution in [3.8, 4) is 63.6 Å². The molecule has 16 nitrogen and oxygen atoms in total. The third kappa shape index (κ3) is 6.46. The van der Waals surface area contributed by atoms with Crippen molar-refractivity contribution in [2.24, 2.45) is 29.4 Å². The molecule has 0 radical (unpaired) electrons. The molecule has 0 amide bonds. The van der Waals surface area contributed by atoms with Crippen LogP contribution in [0.25, 0.3) is 0 Å². The van der Waals surface area contributed by atoms with Crippen LogP contribution < -0.4 is 43.6 Å². The molecule has 8 atom stereocenters. The Bertz CT molecular complexity index is 2400. The maximum Gasteiger partial charge on any atom is 0.310 e. The molecule has 2 fully saturated rings. The highest BCUT2D eigenvalue weighted by Gasteiger charge is 2.54. The van der Waals surface area contributed by atoms with Crippen molar-refractivity contribution < 1.29 is 67.2 Å². The molecule has 4 aromatic carbocycles. The number of phenols is 2. The molecule has 320 valence electrons. The van der Waals surface area contributed by atoms with E-state index in [-0.39, 0.29) is 97.7 Å². The Morgan fingerprint density at radius 1 is 0.607 bits per heavy atom. The van der Waals surface area contributed by atoms with Gasteiger partial charge >= 0.3 is 11.9 Å². The van der Waals surface area contributed by atoms with Crippen LogP contribution in [0.5, 0.6) is 57.5 Å². The molecular formula is C45H46N2O14. The van der Waals surface area contributed by atoms with E-state index in [1.54, 1.807) is 24.3 Å². The van der Waals surface area contributed by atoms with Gasteiger partial charge < -0.3 is 63.3 Å². The van der Waals surface area contributed by atoms with Crippen LogP contribution in [0.1, 0.15) is 64.5 Å². The number of methoxy groups -OCH3 is 4. The molecule has 0 spiro atoms. The minimum absolute atomic E-state index is 0. The van der Waals surface area contributed by atoms with E-state index in [1.807, 2.05) is 24.3 Å². The first-order valence-corrected chi connectivity index (χ1v) is 19.3. The maximum absolute atomic E-state index is 12.8. The average Bonchev–Trinajstić information content (AvgIpc) is 4.09. The number of hydrogen-bond acceptors (Lipinski definition) is 16. The number of nitriles is 1. The third-order valence-corrected chi connectivity index (χ3v) is 12.6. The maximum atomic E-state index is 12.8. The Hall–Kier alpha value is -6.73. The minimum Gasteiger partial charge on any atom is -0.502 e. The van der Waals surface area contributed by atoms with Gasteiger partial charge in [0.1, 0.15) is 0 Å². The number of phenolic OH excluding ortho intramolecular Hbond substituents is 2. The first kappa shape index (κ1) is 41.0. The number of fused-ring (bicyclic) bond motifs is 6. The summed E-state index contributed by atoms with van der Waals surface area (Å²) in [7, 11) is 5.84. The van der Waals surface area contributed by atoms with Crippen LogP contribution in [0, 0.1) is 35.0 Å². The second-order valence-electron chi connectivity index (χ2n) is 15.3. The topological polar surface area (TPSA) is 217 Å². The summed E-state index contributed by atoms with van der Waals surface area (Å²) < 4.78 is 54.5. The standard InChI is InChI=1S/C22H23NO7.C22H19NO7.CH4/c2*1-26-17-3-10(4-18(27-2)21(17)24)19-12-6-16-15(29-9-30-16)5-11(12)13(7-23)14-8-28-22(25)20(14)19;/h3-6,13-14,19-20,24H,7-9,23H2,1-2H3;3-6,13-14,19-20,24H,8-9H2,1-2H3;1H4/t2*13-,14-,19-,20+;/m11./s1. The lowest BCUT2D eigenvalue weighted by Crippen LogP contribution is -2.37. The molecule has 4 heterocycles. The molecule has 16 heteroatoms. The van der Waals surface area contributed by atoms with E-state index in [1.165, 1.54) is 28.4 Å². The second-order valence-corrected chi connectivity index (χ2v) is 15.3. The summed E-state index contributed by atoms with van der Waals surface area (Å²) in [6.45, 7) is 1.15. The van der Waals surface area contributed by atoms with Crippen LogP contribution in [-0.2, 0) is 19.1 Å². The van der Waals surface area contributed by atoms with E-state index < -0.39 is 23.7 Å². The zero-order valence-corrected chi connectivity index (χ0v) is 33.1. The molecule has 61 heavy (non-hydrogen) atoms. The lowest BCUT2D eigenvalue weighted by molar-refractivity contribution is -0.142. The number of esters is 2. The lowest BCUT2D eigenvalue weighted by Gasteiger charge is -2.38. The quantitative estimate of drug-likeness (QED) is 0.198. The van der Waals surface area contributed by atoms with Crippen molar-refractivity contribution in [2.75, 3.05) is 61.8 Å². The lowest BCUT2D eigenvalue weighted by atomic mass is 9.63. The van der Waals surface area contributed by atoms with E-state index in [2.05, 4.69) is 6.07 Å². The fourth-order valence-electron chi connectivity index (χ4n) is 9.89. The fourth-order valence-corrected chi connectivity index (χ4v) is 9.89. The van der Waals surface area contributed by atoms with Gasteiger partial charge in [-0.3, -0.25) is 9.59 Å². The smallest absolute Gasteiger partial charge is 0.310 e. The van der Waals surface area contributed by atoms with Crippen LogP contribution in [0.15, 0.2) is 48.5 Å². The highest BCUT2D eigenvalue weighted by molar-refractivity contribution is 5.80. The van der Waals surface area contributed by atoms with Crippen LogP contribution in [0.4, 0.5) is 0 Å². The summed E-state index contributed by atoms with van der Waals surface area (Å²) >= 11 is 0. The molecule has 0 aromatic heterocycles. The number of nitrogens with two attached hydrogens (primary N) is 1. The number of benzene rings is 4. The Kier molecular flexibility index (Phi) is 10.8. The van der Waals surface area contributed by atoms with Gasteiger partial charge in [-0.25, -0.2) is 0 Å². The van der Waals surface area contributed by atoms with Gasteiger partial charge in [0.2, 0.25) is 25.1 Å². The van der Waals surface area contributed by atoms with E-state index in [9.17, 15) is 25.1 Å². The number of hydrogen-bond donors (Lipinski definition) is 3. The average molecular weight is 839 g/mol. The molecule has 6 aliphatic rings. The van der Waals surface area contributed by atoms with Crippen LogP contribution >= 0.6 is 0 Å². The van der Waals surface area contributed by atoms with Gasteiger partial charge in [0.25, 0.3) is 0 Å². The van der Waals surface area contributed by atoms with E-state index >= 15 is 0 Å². The summed E-state index contributed by atoms with van der Waals surface area (Å²) in [5.41, 5.74) is 11.2. The zero-order chi connectivity index (χ0) is 42.0. The molecule has 0 unspecified atom stereocenters. The summed E-state index contributed by atoms with van der Waals surface area (Å²) in [6.07, 6.45) is 0. The first-order chi connectivity index (χ1) is 29.1. The number of carbonyl (C=O) groups excluding carboxylic acids is 2. The van der Waals surface area contributed by atoms with Crippen LogP contribution in [0.3, 0.4) is 0 Å². The van der Waals surface area contributed by atoms with Gasteiger partial charge in [0.15, 0.2) is 46.0 Å². The van der Waals surface area contributed by atoms with Crippen molar-refractivity contribution >= 4 is 11.9 Å². The van der Waals surface area contributed by atoms with Crippen molar-refractivity contribution in [3.63, 3.8) is 0 Å². The molecular weight excluding hydrogens is 792 g/mol. The number of ether oxygens (including phenoxy) is 10. The van der Waals surface area contributed by atoms with Gasteiger partial charge in [-0.1, -0.05) is 7.43 Å². The molecule has 0 bridgehead atoms. The number of carbonyl (C=O) groups is 2. The molecule has 2 aliphatic carbocycles. The number of rotatable bonds is 7. The number of cyclic esters (lactones) is 2. The summed E-state index contributed by atoms with van der Waals surface area (Å²) in [5, 5.41) is 30.6. The SMILES string of the molecule is C.COc1cc([C@@H]2c3cc4c(cc3[C@@H](C#N)[C@H]3COC(=O)[C@H]23)OCO4)cc(OC)c1O.COc1cc([C@@H]2c3cc4c(cc3[C@@H](CN)[C@H]3COC(=O)[C@H]23)OCO4)cc(OC)c1O. The Labute approximate surface area is 351 Å². The van der Waals surface area contributed by atoms with Crippen molar-refractivity contribution in [3.05, 3.63) is 81.9 Å². The minimum atomic E-state index is -0.554. The van der Waals surface area contributed by atoms with Crippen molar-refractivity contribution in [2.45, 2.75) is 31.1 Å². The number of nitrogens with zero attached hydrogens (tertiary/aromatic N) is 1. The zero-order valence-electron chi connectivity index (χ0n) is 33.1. The summed E-state index contributed by atoms with van der Waals surface area (Å²) in [6, 6.07) is 16.8. The monoisotopic (exact) mass is 838 g/mol. The van der Waals surface area contributed by atoms with Crippen molar-refractivity contribution in [1.82, 2.24) is 0 Å². The molecule has 4 aliphatic heterocycles. The molecule has 4 N–H and O–H groups in total. The van der Waals surface area contributed by atoms with Gasteiger partial charge in [0.05, 0.1) is 65.5 Å². The van der Waals surface area contributed by atoms with Crippen LogP contribution in [0.2, 0.25) is 0 Å². The number of aromatic hydroxyl groups is 2. The normalized spacial score (nSPS) is 25.4. The summed E-state index contributed by atoms with van der Waals surface area (Å²) in [5.74, 6) is 0.0282. The predicted molar refractivity (Wildman–Crippen MR) is 214 cm³/mol. The second kappa shape index (κ2) is 16.0. The van der Waals surface area contributed by atoms with Gasteiger partial charge in [-0.05, 0) is 88.5 Å². The van der Waals surface area contributed by atoms with Crippen molar-refractivity contribution in [1.29, 1.82) is 5.26 Å². The Morgan fingerprint density at radius 2 is 0.984 bits per heavy atom. The Morgan fingerprint density at radius 3 is 1.39 bits per heavy atom. The largest absolute Gasteiger partial charge is 0.502 e. The molecule has 4 aromatic rings. The first-order valence-electron chi connectivity index (χ1n) is 19.3. The van der Waals surface area contributed by atoms with E-state index in [0.717, 1.165) is 27.8 Å². The van der Waals surface area contributed by atoms with E-state index in [0.29, 0.717) is 41.7 Å². The summed E-state index contributed by atoms with van der Waals surface area (Å²) in [4.78, 5) is 25.6. The van der Waals surface area contributed by atoms with E-state index in [4.69, 9.17) is 53.1 Å². The van der Waals surface area contributed by atoms with Gasteiger partial charge in [-0.2, -0.15) is 5.26 Å². The van der Waals surface area contributed by atoms with Crippen LogP contribution in [-0.4, -0.2) is 83.9 Å². The Balaban J connectivity index is 0.000000166. The molecule has 2 saturated heterocycles. The third-order valence-electron chi connectivity index (χ3n) is 12.6. The molecule has 0 saturated carbocycles. The van der Waals surface area contributed by atoms with Gasteiger partial charge in [-0.15, -0.1) is 0 Å². The highest BCUT2D eigenvalue weighted by Crippen LogP contribution is 2.58. The highest BCUT2D eigenvalue weighted by atomic mass is 16.7. The molecule has 10 rings (SSSR count).